The maximum Gasteiger partial charge on any atom is 0.0931 e. The molecule has 1 aliphatic carbocycles. The van der Waals surface area contributed by atoms with E-state index in [4.69, 9.17) is 9.47 Å². The summed E-state index contributed by atoms with van der Waals surface area (Å²) in [7, 11) is 0. The molecule has 17 heavy (non-hydrogen) atoms. The molecule has 3 fully saturated rings. The largest absolute Gasteiger partial charge is 0.370 e. The van der Waals surface area contributed by atoms with Gasteiger partial charge >= 0.3 is 0 Å². The molecule has 0 radical (unpaired) electrons. The van der Waals surface area contributed by atoms with E-state index in [1.54, 1.807) is 0 Å². The predicted octanol–water partition coefficient (Wildman–Crippen LogP) is 3.16. The molecule has 0 amide bonds. The van der Waals surface area contributed by atoms with Crippen LogP contribution < -0.4 is 0 Å². The quantitative estimate of drug-likeness (QED) is 0.797. The van der Waals surface area contributed by atoms with E-state index in [1.807, 2.05) is 6.07 Å². The summed E-state index contributed by atoms with van der Waals surface area (Å²) in [6.45, 7) is 7.22. The lowest BCUT2D eigenvalue weighted by molar-refractivity contribution is -0.140. The normalized spacial score (nSPS) is 37.8. The van der Waals surface area contributed by atoms with Crippen LogP contribution in [0.1, 0.15) is 32.8 Å². The van der Waals surface area contributed by atoms with Crippen LogP contribution in [0.2, 0.25) is 0 Å². The van der Waals surface area contributed by atoms with Gasteiger partial charge in [0.2, 0.25) is 0 Å². The van der Waals surface area contributed by atoms with Crippen molar-refractivity contribution in [3.8, 4) is 0 Å². The van der Waals surface area contributed by atoms with Crippen LogP contribution in [0.3, 0.4) is 0 Å². The fourth-order valence-electron chi connectivity index (χ4n) is 3.36. The molecule has 2 heterocycles. The van der Waals surface area contributed by atoms with Crippen molar-refractivity contribution >= 4 is 0 Å². The van der Waals surface area contributed by atoms with Gasteiger partial charge in [0, 0.05) is 5.92 Å². The molecule has 3 aliphatic rings. The van der Waals surface area contributed by atoms with Crippen LogP contribution in [-0.2, 0) is 16.1 Å². The van der Waals surface area contributed by atoms with Crippen LogP contribution in [-0.4, -0.2) is 17.3 Å². The highest BCUT2D eigenvalue weighted by Gasteiger charge is 2.67. The fourth-order valence-corrected chi connectivity index (χ4v) is 3.36. The topological polar surface area (TPSA) is 18.5 Å². The van der Waals surface area contributed by atoms with E-state index in [-0.39, 0.29) is 17.3 Å². The molecule has 0 aromatic heterocycles. The van der Waals surface area contributed by atoms with Crippen LogP contribution in [0.4, 0.5) is 0 Å². The smallest absolute Gasteiger partial charge is 0.0931 e. The third kappa shape index (κ3) is 1.71. The van der Waals surface area contributed by atoms with Crippen LogP contribution >= 0.6 is 0 Å². The first-order valence-electron chi connectivity index (χ1n) is 6.37. The molecule has 92 valence electrons. The predicted molar refractivity (Wildman–Crippen MR) is 66.7 cm³/mol. The first-order chi connectivity index (χ1) is 8.01. The van der Waals surface area contributed by atoms with Crippen molar-refractivity contribution in [3.05, 3.63) is 35.9 Å². The number of ether oxygens (including phenoxy) is 2. The molecule has 4 rings (SSSR count). The lowest BCUT2D eigenvalue weighted by Crippen LogP contribution is -2.52. The summed E-state index contributed by atoms with van der Waals surface area (Å²) < 4.78 is 12.2. The van der Waals surface area contributed by atoms with Crippen molar-refractivity contribution in [1.82, 2.24) is 0 Å². The second kappa shape index (κ2) is 3.56. The Bertz CT molecular complexity index is 412. The minimum Gasteiger partial charge on any atom is -0.370 e. The van der Waals surface area contributed by atoms with Gasteiger partial charge in [-0.3, -0.25) is 0 Å². The lowest BCUT2D eigenvalue weighted by Gasteiger charge is -2.42. The molecule has 2 aliphatic heterocycles. The third-order valence-electron chi connectivity index (χ3n) is 4.25. The number of rotatable bonds is 3. The minimum absolute atomic E-state index is 0.0178. The van der Waals surface area contributed by atoms with E-state index >= 15 is 0 Å². The van der Waals surface area contributed by atoms with Crippen LogP contribution in [0.5, 0.6) is 0 Å². The molecule has 2 saturated heterocycles. The Balaban J connectivity index is 1.65. The zero-order chi connectivity index (χ0) is 12.1. The van der Waals surface area contributed by atoms with Crippen molar-refractivity contribution < 1.29 is 9.47 Å². The average molecular weight is 232 g/mol. The van der Waals surface area contributed by atoms with Crippen LogP contribution in [0, 0.1) is 5.92 Å². The monoisotopic (exact) mass is 232 g/mol. The average Bonchev–Trinajstić information content (AvgIpc) is 2.62. The van der Waals surface area contributed by atoms with Gasteiger partial charge in [0.1, 0.15) is 0 Å². The summed E-state index contributed by atoms with van der Waals surface area (Å²) in [5, 5.41) is 0. The van der Waals surface area contributed by atoms with E-state index in [9.17, 15) is 0 Å². The van der Waals surface area contributed by atoms with E-state index in [0.29, 0.717) is 12.5 Å². The molecule has 2 heteroatoms. The highest BCUT2D eigenvalue weighted by Crippen LogP contribution is 2.58. The zero-order valence-corrected chi connectivity index (χ0v) is 10.8. The second-order valence-electron chi connectivity index (χ2n) is 6.05. The zero-order valence-electron chi connectivity index (χ0n) is 10.8. The molecule has 0 N–H and O–H groups in total. The highest BCUT2D eigenvalue weighted by molar-refractivity contribution is 5.17. The molecule has 2 nitrogen and oxygen atoms in total. The molecule has 3 unspecified atom stereocenters. The number of fused-ring (bicyclic) bond motifs is 1. The molecular weight excluding hydrogens is 212 g/mol. The van der Waals surface area contributed by atoms with Crippen molar-refractivity contribution in [3.63, 3.8) is 0 Å². The van der Waals surface area contributed by atoms with Gasteiger partial charge in [-0.25, -0.2) is 0 Å². The van der Waals surface area contributed by atoms with Gasteiger partial charge in [-0.05, 0) is 32.8 Å². The maximum atomic E-state index is 6.09. The molecule has 1 aromatic rings. The molecule has 1 saturated carbocycles. The summed E-state index contributed by atoms with van der Waals surface area (Å²) >= 11 is 0. The Morgan fingerprint density at radius 2 is 1.94 bits per heavy atom. The molecule has 1 aromatic carbocycles. The first kappa shape index (κ1) is 11.2. The van der Waals surface area contributed by atoms with Gasteiger partial charge < -0.3 is 9.47 Å². The van der Waals surface area contributed by atoms with E-state index in [0.717, 1.165) is 6.42 Å². The van der Waals surface area contributed by atoms with Gasteiger partial charge in [0.25, 0.3) is 0 Å². The maximum absolute atomic E-state index is 6.09. The summed E-state index contributed by atoms with van der Waals surface area (Å²) in [6, 6.07) is 10.3. The van der Waals surface area contributed by atoms with Crippen molar-refractivity contribution in [2.24, 2.45) is 5.92 Å². The van der Waals surface area contributed by atoms with Gasteiger partial charge in [-0.2, -0.15) is 0 Å². The van der Waals surface area contributed by atoms with Crippen LogP contribution in [0.15, 0.2) is 30.3 Å². The standard InChI is InChI=1S/C15H20O2/c1-14(2)12-9-15(3,17-14)13(12)16-10-11-7-5-4-6-8-11/h4-8,12-13H,9-10H2,1-3H3. The summed E-state index contributed by atoms with van der Waals surface area (Å²) in [4.78, 5) is 0. The Hall–Kier alpha value is -0.860. The summed E-state index contributed by atoms with van der Waals surface area (Å²) in [5.74, 6) is 0.552. The minimum atomic E-state index is -0.0526. The lowest BCUT2D eigenvalue weighted by atomic mass is 9.67. The van der Waals surface area contributed by atoms with Crippen molar-refractivity contribution in [1.29, 1.82) is 0 Å². The Kier molecular flexibility index (Phi) is 2.36. The fraction of sp³-hybridized carbons (Fsp3) is 0.600. The van der Waals surface area contributed by atoms with E-state index < -0.39 is 0 Å². The van der Waals surface area contributed by atoms with E-state index in [1.165, 1.54) is 5.56 Å². The van der Waals surface area contributed by atoms with Gasteiger partial charge in [0.05, 0.1) is 23.9 Å². The SMILES string of the molecule is CC1(C)OC2(C)CC1C2OCc1ccccc1. The molecule has 2 bridgehead atoms. The van der Waals surface area contributed by atoms with Crippen LogP contribution in [0.25, 0.3) is 0 Å². The second-order valence-corrected chi connectivity index (χ2v) is 6.05. The van der Waals surface area contributed by atoms with Crippen molar-refractivity contribution in [2.45, 2.75) is 51.1 Å². The third-order valence-corrected chi connectivity index (χ3v) is 4.25. The first-order valence-corrected chi connectivity index (χ1v) is 6.37. The van der Waals surface area contributed by atoms with E-state index in [2.05, 4.69) is 45.0 Å². The number of hydrogen-bond acceptors (Lipinski definition) is 2. The summed E-state index contributed by atoms with van der Waals surface area (Å²) in [5.41, 5.74) is 1.17. The van der Waals surface area contributed by atoms with Gasteiger partial charge in [-0.15, -0.1) is 0 Å². The Morgan fingerprint density at radius 1 is 1.24 bits per heavy atom. The Labute approximate surface area is 103 Å². The molecule has 0 spiro atoms. The van der Waals surface area contributed by atoms with Gasteiger partial charge in [-0.1, -0.05) is 30.3 Å². The number of hydrogen-bond donors (Lipinski definition) is 0. The molecule has 3 atom stereocenters. The van der Waals surface area contributed by atoms with Crippen molar-refractivity contribution in [2.75, 3.05) is 0 Å². The van der Waals surface area contributed by atoms with Gasteiger partial charge in [0.15, 0.2) is 0 Å². The molecular formula is C15H20O2. The number of benzene rings is 1. The summed E-state index contributed by atoms with van der Waals surface area (Å²) in [6.07, 6.45) is 1.40. The Morgan fingerprint density at radius 3 is 2.47 bits per heavy atom. The highest BCUT2D eigenvalue weighted by atomic mass is 16.6.